The van der Waals surface area contributed by atoms with Crippen LogP contribution < -0.4 is 9.64 Å². The largest absolute Gasteiger partial charge is 0.482 e. The summed E-state index contributed by atoms with van der Waals surface area (Å²) < 4.78 is 5.09. The second-order valence-electron chi connectivity index (χ2n) is 6.69. The summed E-state index contributed by atoms with van der Waals surface area (Å²) in [4.78, 5) is 38.0. The van der Waals surface area contributed by atoms with Gasteiger partial charge in [0.2, 0.25) is 11.8 Å². The number of halogens is 2. The zero-order valence-electron chi connectivity index (χ0n) is 13.0. The van der Waals surface area contributed by atoms with Gasteiger partial charge in [0.05, 0.1) is 17.5 Å². The number of hydrogen-bond donors (Lipinski definition) is 1. The van der Waals surface area contributed by atoms with E-state index >= 15 is 0 Å². The molecule has 6 atom stereocenters. The van der Waals surface area contributed by atoms with Crippen LogP contribution in [0.15, 0.2) is 24.3 Å². The predicted octanol–water partition coefficient (Wildman–Crippen LogP) is 2.43. The van der Waals surface area contributed by atoms with E-state index in [1.807, 2.05) is 0 Å². The molecule has 2 amide bonds. The Bertz CT molecular complexity index is 720. The first-order valence-electron chi connectivity index (χ1n) is 8.00. The minimum atomic E-state index is -1.06. The monoisotopic (exact) mass is 471 g/mol. The van der Waals surface area contributed by atoms with Crippen molar-refractivity contribution in [2.75, 3.05) is 11.5 Å². The fourth-order valence-corrected chi connectivity index (χ4v) is 6.31. The number of hydrogen-bond acceptors (Lipinski definition) is 4. The fourth-order valence-electron chi connectivity index (χ4n) is 4.44. The van der Waals surface area contributed by atoms with Gasteiger partial charge in [-0.15, -0.1) is 0 Å². The van der Waals surface area contributed by atoms with Crippen molar-refractivity contribution in [3.05, 3.63) is 24.3 Å². The Morgan fingerprint density at radius 3 is 2.08 bits per heavy atom. The van der Waals surface area contributed by atoms with Gasteiger partial charge in [0.15, 0.2) is 6.61 Å². The highest BCUT2D eigenvalue weighted by Gasteiger charge is 2.66. The third kappa shape index (κ3) is 2.52. The van der Waals surface area contributed by atoms with E-state index in [4.69, 9.17) is 9.84 Å². The Morgan fingerprint density at radius 1 is 1.08 bits per heavy atom. The topological polar surface area (TPSA) is 83.9 Å². The van der Waals surface area contributed by atoms with Gasteiger partial charge in [-0.05, 0) is 42.5 Å². The van der Waals surface area contributed by atoms with Crippen LogP contribution in [0.2, 0.25) is 0 Å². The van der Waals surface area contributed by atoms with Crippen molar-refractivity contribution in [1.82, 2.24) is 0 Å². The van der Waals surface area contributed by atoms with Crippen LogP contribution in [0.5, 0.6) is 5.75 Å². The standard InChI is InChI=1S/C17H15Br2NO5/c18-14-9-5-10(15(14)19)13-12(9)16(23)20(17(13)24)7-1-3-8(4-2-7)25-6-11(21)22/h1-4,9-10,12-15H,5-6H2,(H,21,22)/t9-,10-,12-,13-,14+,15+/m1/s1. The molecule has 1 aliphatic heterocycles. The lowest BCUT2D eigenvalue weighted by Gasteiger charge is -2.28. The van der Waals surface area contributed by atoms with Crippen LogP contribution in [0.1, 0.15) is 6.42 Å². The molecular formula is C17H15Br2NO5. The molecule has 2 saturated carbocycles. The molecule has 132 valence electrons. The number of carbonyl (C=O) groups excluding carboxylic acids is 2. The van der Waals surface area contributed by atoms with Crippen molar-refractivity contribution in [2.24, 2.45) is 23.7 Å². The van der Waals surface area contributed by atoms with Gasteiger partial charge in [0.25, 0.3) is 0 Å². The van der Waals surface area contributed by atoms with E-state index in [9.17, 15) is 14.4 Å². The smallest absolute Gasteiger partial charge is 0.341 e. The van der Waals surface area contributed by atoms with Crippen LogP contribution in [0.3, 0.4) is 0 Å². The number of anilines is 1. The molecule has 1 aromatic carbocycles. The van der Waals surface area contributed by atoms with Crippen molar-refractivity contribution in [3.8, 4) is 5.75 Å². The number of carboxylic acid groups (broad SMARTS) is 1. The summed E-state index contributed by atoms with van der Waals surface area (Å²) in [5, 5.41) is 8.63. The minimum Gasteiger partial charge on any atom is -0.482 e. The van der Waals surface area contributed by atoms with Gasteiger partial charge in [-0.3, -0.25) is 14.5 Å². The highest BCUT2D eigenvalue weighted by Crippen LogP contribution is 2.60. The van der Waals surface area contributed by atoms with E-state index in [0.717, 1.165) is 6.42 Å². The second-order valence-corrected chi connectivity index (χ2v) is 8.81. The van der Waals surface area contributed by atoms with Crippen molar-refractivity contribution >= 4 is 55.3 Å². The Labute approximate surface area is 160 Å². The number of ether oxygens (including phenoxy) is 1. The van der Waals surface area contributed by atoms with Crippen molar-refractivity contribution < 1.29 is 24.2 Å². The molecule has 0 unspecified atom stereocenters. The molecule has 1 N–H and O–H groups in total. The number of alkyl halides is 2. The molecule has 25 heavy (non-hydrogen) atoms. The highest BCUT2D eigenvalue weighted by atomic mass is 79.9. The predicted molar refractivity (Wildman–Crippen MR) is 96.1 cm³/mol. The normalized spacial score (nSPS) is 36.0. The summed E-state index contributed by atoms with van der Waals surface area (Å²) in [5.41, 5.74) is 0.503. The summed E-state index contributed by atoms with van der Waals surface area (Å²) >= 11 is 7.33. The lowest BCUT2D eigenvalue weighted by Crippen LogP contribution is -2.37. The minimum absolute atomic E-state index is 0.134. The molecule has 1 heterocycles. The summed E-state index contributed by atoms with van der Waals surface area (Å²) in [6, 6.07) is 6.38. The van der Waals surface area contributed by atoms with E-state index in [-0.39, 0.29) is 45.1 Å². The summed E-state index contributed by atoms with van der Waals surface area (Å²) in [6.07, 6.45) is 0.897. The number of benzene rings is 1. The number of aliphatic carboxylic acids is 1. The molecular weight excluding hydrogens is 458 g/mol. The van der Waals surface area contributed by atoms with Crippen LogP contribution in [0.25, 0.3) is 0 Å². The molecule has 2 bridgehead atoms. The highest BCUT2D eigenvalue weighted by molar-refractivity contribution is 9.12. The maximum Gasteiger partial charge on any atom is 0.341 e. The number of fused-ring (bicyclic) bond motifs is 5. The number of nitrogens with zero attached hydrogens (tertiary/aromatic N) is 1. The van der Waals surface area contributed by atoms with E-state index in [1.54, 1.807) is 24.3 Å². The van der Waals surface area contributed by atoms with Gasteiger partial charge in [0, 0.05) is 9.65 Å². The van der Waals surface area contributed by atoms with Gasteiger partial charge < -0.3 is 9.84 Å². The lowest BCUT2D eigenvalue weighted by atomic mass is 9.81. The van der Waals surface area contributed by atoms with Crippen molar-refractivity contribution in [3.63, 3.8) is 0 Å². The molecule has 2 aliphatic carbocycles. The summed E-state index contributed by atoms with van der Waals surface area (Å²) in [5.74, 6) is -1.09. The first kappa shape index (κ1) is 17.0. The second kappa shape index (κ2) is 6.09. The van der Waals surface area contributed by atoms with Crippen LogP contribution >= 0.6 is 31.9 Å². The van der Waals surface area contributed by atoms with Crippen LogP contribution in [0.4, 0.5) is 5.69 Å². The van der Waals surface area contributed by atoms with Gasteiger partial charge in [0.1, 0.15) is 5.75 Å². The molecule has 4 rings (SSSR count). The molecule has 3 fully saturated rings. The molecule has 8 heteroatoms. The zero-order valence-corrected chi connectivity index (χ0v) is 16.1. The van der Waals surface area contributed by atoms with E-state index in [2.05, 4.69) is 31.9 Å². The lowest BCUT2D eigenvalue weighted by molar-refractivity contribution is -0.139. The Balaban J connectivity index is 1.57. The van der Waals surface area contributed by atoms with Crippen LogP contribution in [-0.2, 0) is 14.4 Å². The van der Waals surface area contributed by atoms with Crippen molar-refractivity contribution in [2.45, 2.75) is 16.1 Å². The number of rotatable bonds is 4. The number of amides is 2. The molecule has 6 nitrogen and oxygen atoms in total. The van der Waals surface area contributed by atoms with Crippen LogP contribution in [0, 0.1) is 23.7 Å². The Hall–Kier alpha value is -1.41. The van der Waals surface area contributed by atoms with E-state index < -0.39 is 12.6 Å². The first-order valence-corrected chi connectivity index (χ1v) is 9.84. The van der Waals surface area contributed by atoms with Gasteiger partial charge in [-0.2, -0.15) is 0 Å². The first-order chi connectivity index (χ1) is 11.9. The summed E-state index contributed by atoms with van der Waals surface area (Å²) in [7, 11) is 0. The Morgan fingerprint density at radius 2 is 1.60 bits per heavy atom. The maximum atomic E-state index is 12.9. The SMILES string of the molecule is O=C(O)COc1ccc(N2C(=O)[C@@H]3[C@H]4C[C@@H]([C@H](Br)[C@H]4Br)[C@H]3C2=O)cc1. The summed E-state index contributed by atoms with van der Waals surface area (Å²) in [6.45, 7) is -0.437. The van der Waals surface area contributed by atoms with Gasteiger partial charge >= 0.3 is 5.97 Å². The molecule has 1 saturated heterocycles. The third-order valence-corrected chi connectivity index (χ3v) is 8.65. The average Bonchev–Trinajstić information content (AvgIpc) is 3.19. The molecule has 3 aliphatic rings. The van der Waals surface area contributed by atoms with Gasteiger partial charge in [-0.1, -0.05) is 31.9 Å². The molecule has 0 spiro atoms. The third-order valence-electron chi connectivity index (χ3n) is 5.44. The van der Waals surface area contributed by atoms with E-state index in [1.165, 1.54) is 4.90 Å². The van der Waals surface area contributed by atoms with Crippen molar-refractivity contribution in [1.29, 1.82) is 0 Å². The number of imide groups is 1. The number of carbonyl (C=O) groups is 3. The molecule has 1 aromatic rings. The molecule has 0 radical (unpaired) electrons. The quantitative estimate of drug-likeness (QED) is 0.537. The fraction of sp³-hybridized carbons (Fsp3) is 0.471. The maximum absolute atomic E-state index is 12.9. The van der Waals surface area contributed by atoms with Crippen LogP contribution in [-0.4, -0.2) is 39.2 Å². The van der Waals surface area contributed by atoms with Gasteiger partial charge in [-0.25, -0.2) is 4.79 Å². The Kier molecular flexibility index (Phi) is 4.15. The van der Waals surface area contributed by atoms with E-state index in [0.29, 0.717) is 11.4 Å². The number of carboxylic acids is 1. The average molecular weight is 473 g/mol. The zero-order chi connectivity index (χ0) is 17.9. The molecule has 0 aromatic heterocycles.